The van der Waals surface area contributed by atoms with Crippen LogP contribution in [0.25, 0.3) is 0 Å². The van der Waals surface area contributed by atoms with Crippen LogP contribution in [-0.4, -0.2) is 16.5 Å². The van der Waals surface area contributed by atoms with Crippen molar-refractivity contribution in [1.29, 1.82) is 0 Å². The normalized spacial score (nSPS) is 32.4. The summed E-state index contributed by atoms with van der Waals surface area (Å²) in [5, 5.41) is 5.27. The zero-order valence-corrected chi connectivity index (χ0v) is 18.7. The molecule has 3 heteroatoms. The third-order valence-electron chi connectivity index (χ3n) is 6.16. The van der Waals surface area contributed by atoms with Crippen LogP contribution in [0.2, 0.25) is 14.7 Å². The van der Waals surface area contributed by atoms with Crippen LogP contribution < -0.4 is 3.80 Å². The smallest absolute Gasteiger partial charge is 0.0149 e. The van der Waals surface area contributed by atoms with Crippen LogP contribution in [-0.2, 0) is 16.8 Å². The molecule has 0 radical (unpaired) electrons. The van der Waals surface area contributed by atoms with Gasteiger partial charge in [0, 0.05) is 0 Å². The van der Waals surface area contributed by atoms with Crippen LogP contribution >= 0.6 is 0 Å². The van der Waals surface area contributed by atoms with Crippen molar-refractivity contribution in [2.24, 2.45) is 23.7 Å². The summed E-state index contributed by atoms with van der Waals surface area (Å²) in [6.07, 6.45) is 18.9. The predicted octanol–water partition coefficient (Wildman–Crippen LogP) is 5.41. The van der Waals surface area contributed by atoms with Crippen molar-refractivity contribution in [3.8, 4) is 0 Å². The molecular weight excluding hydrogens is 366 g/mol. The van der Waals surface area contributed by atoms with E-state index in [2.05, 4.69) is 72.5 Å². The zero-order chi connectivity index (χ0) is 18.7. The van der Waals surface area contributed by atoms with E-state index in [1.807, 2.05) is 0 Å². The Balaban J connectivity index is 0.000000616. The molecule has 3 aliphatic rings. The van der Waals surface area contributed by atoms with E-state index in [9.17, 15) is 0 Å². The summed E-state index contributed by atoms with van der Waals surface area (Å²) in [6.45, 7) is 13.8. The summed E-state index contributed by atoms with van der Waals surface area (Å²) in [6, 6.07) is 0. The molecule has 0 aliphatic heterocycles. The van der Waals surface area contributed by atoms with E-state index in [-0.39, 0.29) is 16.5 Å². The van der Waals surface area contributed by atoms with Crippen molar-refractivity contribution < 1.29 is 16.8 Å². The molecule has 0 aromatic heterocycles. The van der Waals surface area contributed by atoms with Crippen molar-refractivity contribution >= 4 is 11.0 Å². The van der Waals surface area contributed by atoms with Crippen molar-refractivity contribution in [2.45, 2.75) is 66.7 Å². The Morgan fingerprint density at radius 3 is 1.92 bits per heavy atom. The fourth-order valence-electron chi connectivity index (χ4n) is 5.89. The van der Waals surface area contributed by atoms with Gasteiger partial charge in [0.2, 0.25) is 0 Å². The summed E-state index contributed by atoms with van der Waals surface area (Å²) < 4.78 is 5.09. The van der Waals surface area contributed by atoms with Gasteiger partial charge in [-0.15, -0.1) is 0 Å². The molecule has 2 saturated carbocycles. The van der Waals surface area contributed by atoms with Gasteiger partial charge in [-0.25, -0.2) is 0 Å². The van der Waals surface area contributed by atoms with Gasteiger partial charge < -0.3 is 0 Å². The Labute approximate surface area is 171 Å². The average molecular weight is 410 g/mol. The van der Waals surface area contributed by atoms with Crippen LogP contribution in [0.5, 0.6) is 0 Å². The third kappa shape index (κ3) is 5.67. The number of allylic oxidation sites excluding steroid dienone is 6. The minimum atomic E-state index is -2.04. The van der Waals surface area contributed by atoms with Gasteiger partial charge in [-0.3, -0.25) is 0 Å². The van der Waals surface area contributed by atoms with Crippen LogP contribution in [0.15, 0.2) is 49.6 Å². The molecule has 3 rings (SSSR count). The standard InChI is InChI=1S/C13H17.C4H10N.C4H6.2CH3.H4Si.Ti/c1-3-7-12-10(5-1)9-11-6-2-4-8-13(11)12;1-4(2,3)5;1-3-4-2;;;;/h1,3,5,7,9-13H,2,4,6,8H2;5H,1-3H3;3-4H,1-2H2;2*1H3;1H4;/q;-1;;;;;+1. The molecule has 0 amide bonds. The molecule has 5 atom stereocenters. The Bertz CT molecular complexity index is 523. The Morgan fingerprint density at radius 2 is 1.42 bits per heavy atom. The predicted molar refractivity (Wildman–Crippen MR) is 121 cm³/mol. The molecule has 1 N–H and O–H groups in total. The number of nitrogens with one attached hydrogen (secondary N) is 1. The summed E-state index contributed by atoms with van der Waals surface area (Å²) in [5.41, 5.74) is 0.264. The van der Waals surface area contributed by atoms with Gasteiger partial charge in [0.15, 0.2) is 0 Å². The van der Waals surface area contributed by atoms with E-state index in [4.69, 9.17) is 0 Å². The van der Waals surface area contributed by atoms with Crippen molar-refractivity contribution in [2.75, 3.05) is 0 Å². The Hall–Kier alpha value is -0.149. The largest absolute Gasteiger partial charge is 0.0149 e. The topological polar surface area (TPSA) is 12.0 Å². The van der Waals surface area contributed by atoms with E-state index >= 15 is 0 Å². The van der Waals surface area contributed by atoms with Gasteiger partial charge in [-0.2, -0.15) is 0 Å². The second-order valence-electron chi connectivity index (χ2n) is 9.63. The molecule has 0 heterocycles. The molecule has 0 bridgehead atoms. The Morgan fingerprint density at radius 1 is 0.923 bits per heavy atom. The molecule has 3 aliphatic carbocycles. The number of rotatable bonds is 3. The number of hydrogen-bond donors (Lipinski definition) is 1. The van der Waals surface area contributed by atoms with E-state index in [1.54, 1.807) is 12.2 Å². The summed E-state index contributed by atoms with van der Waals surface area (Å²) >= 11 is -2.04. The van der Waals surface area contributed by atoms with Gasteiger partial charge in [0.25, 0.3) is 0 Å². The van der Waals surface area contributed by atoms with E-state index < -0.39 is 16.8 Å². The van der Waals surface area contributed by atoms with Crippen molar-refractivity contribution in [3.63, 3.8) is 0 Å². The average Bonchev–Trinajstić information content (AvgIpc) is 2.88. The molecule has 148 valence electrons. The Kier molecular flexibility index (Phi) is 9.07. The second kappa shape index (κ2) is 9.87. The molecule has 5 unspecified atom stereocenters. The number of hydrogen-bond acceptors (Lipinski definition) is 1. The maximum atomic E-state index is 4.13. The van der Waals surface area contributed by atoms with Crippen LogP contribution in [0.1, 0.15) is 46.5 Å². The summed E-state index contributed by atoms with van der Waals surface area (Å²) in [7, 11) is 0. The zero-order valence-electron chi connectivity index (χ0n) is 17.1. The van der Waals surface area contributed by atoms with Gasteiger partial charge in [-0.05, 0) is 11.0 Å². The summed E-state index contributed by atoms with van der Waals surface area (Å²) in [5.74, 6) is 3.64. The molecule has 0 aromatic carbocycles. The molecule has 1 nitrogen and oxygen atoms in total. The first kappa shape index (κ1) is 23.9. The maximum absolute atomic E-state index is 4.13. The monoisotopic (exact) mass is 409 g/mol. The first-order chi connectivity index (χ1) is 11.7. The third-order valence-corrected chi connectivity index (χ3v) is 12.2. The fraction of sp³-hybridized carbons (Fsp3) is 0.652. The number of fused-ring (bicyclic) bond motifs is 3. The minimum absolute atomic E-state index is 0. The molecule has 2 fully saturated rings. The van der Waals surface area contributed by atoms with Gasteiger partial charge in [0.1, 0.15) is 0 Å². The minimum Gasteiger partial charge on any atom is -0.0149 e. The fourth-order valence-corrected chi connectivity index (χ4v) is 13.5. The quantitative estimate of drug-likeness (QED) is 0.485. The van der Waals surface area contributed by atoms with Crippen molar-refractivity contribution in [1.82, 2.24) is 3.80 Å². The SMILES string of the molecule is C=CC=C.CC(C)(C)[NH][Ti]([CH3])([CH3])[CH]1C2C=CC=CC2C2CCCCC21.[SiH4]. The maximum Gasteiger partial charge on any atom is -0.0149 e. The summed E-state index contributed by atoms with van der Waals surface area (Å²) in [4.78, 5) is 0. The van der Waals surface area contributed by atoms with Gasteiger partial charge in [0.05, 0.1) is 0 Å². The second-order valence-corrected chi connectivity index (χ2v) is 16.4. The molecule has 0 aromatic rings. The van der Waals surface area contributed by atoms with Crippen molar-refractivity contribution in [3.05, 3.63) is 49.6 Å². The van der Waals surface area contributed by atoms with Gasteiger partial charge >= 0.3 is 135 Å². The molecule has 0 saturated heterocycles. The molecule has 0 spiro atoms. The van der Waals surface area contributed by atoms with Crippen LogP contribution in [0.3, 0.4) is 0 Å². The van der Waals surface area contributed by atoms with Crippen LogP contribution in [0, 0.1) is 23.7 Å². The first-order valence-electron chi connectivity index (χ1n) is 10.1. The molecular formula is C23H43NSiTi. The molecule has 26 heavy (non-hydrogen) atoms. The van der Waals surface area contributed by atoms with E-state index in [1.165, 1.54) is 25.7 Å². The first-order valence-corrected chi connectivity index (χ1v) is 14.9. The van der Waals surface area contributed by atoms with E-state index in [0.717, 1.165) is 27.9 Å². The van der Waals surface area contributed by atoms with Crippen LogP contribution in [0.4, 0.5) is 0 Å². The van der Waals surface area contributed by atoms with Gasteiger partial charge in [-0.1, -0.05) is 25.3 Å². The van der Waals surface area contributed by atoms with E-state index in [0.29, 0.717) is 0 Å².